The molecule has 0 bridgehead atoms. The Morgan fingerprint density at radius 2 is 1.41 bits per heavy atom. The molecule has 1 aromatic heterocycles. The number of carbonyl (C=O) groups excluding carboxylic acids is 10. The van der Waals surface area contributed by atoms with Crippen molar-refractivity contribution in [3.05, 3.63) is 47.8 Å². The summed E-state index contributed by atoms with van der Waals surface area (Å²) in [7, 11) is 0. The number of aromatic nitrogens is 1. The second-order valence-electron chi connectivity index (χ2n) is 22.8. The molecular weight excluding hydrogens is 1250 g/mol. The van der Waals surface area contributed by atoms with Crippen LogP contribution in [0, 0.1) is 5.92 Å². The highest BCUT2D eigenvalue weighted by Gasteiger charge is 2.44. The van der Waals surface area contributed by atoms with Gasteiger partial charge in [0.25, 0.3) is 11.8 Å². The number of ketones is 1. The number of nitrogens with two attached hydrogens (primary N) is 1. The quantitative estimate of drug-likeness (QED) is 0.0167. The number of hydrogen-bond acceptors (Lipinski definition) is 21. The number of H-pyrrole nitrogens is 1. The maximum atomic E-state index is 14.5. The van der Waals surface area contributed by atoms with Crippen molar-refractivity contribution < 1.29 is 108 Å². The van der Waals surface area contributed by atoms with E-state index in [1.54, 1.807) is 30.5 Å². The first-order chi connectivity index (χ1) is 44.1. The Morgan fingerprint density at radius 3 is 2.00 bits per heavy atom. The van der Waals surface area contributed by atoms with Crippen LogP contribution in [0.4, 0.5) is 0 Å². The molecule has 1 fully saturated rings. The number of benzene rings is 1. The third-order valence-electron chi connectivity index (χ3n) is 15.4. The molecular formula is C60H91ClN10O22. The maximum absolute atomic E-state index is 14.5. The summed E-state index contributed by atoms with van der Waals surface area (Å²) in [5, 5.41) is 114. The number of carboxylic acids is 2. The third kappa shape index (κ3) is 26.0. The maximum Gasteiger partial charge on any atom is 0.335 e. The lowest BCUT2D eigenvalue weighted by Gasteiger charge is -2.32. The third-order valence-corrected chi connectivity index (χ3v) is 15.7. The van der Waals surface area contributed by atoms with Gasteiger partial charge in [0.1, 0.15) is 36.5 Å². The number of esters is 1. The Kier molecular flexibility index (Phi) is 34.6. The van der Waals surface area contributed by atoms with Gasteiger partial charge in [-0.1, -0.05) is 89.3 Å². The number of Topliss-reactive ketones (excluding diaryl/α,β-unsaturated/α-hetero) is 1. The highest BCUT2D eigenvalue weighted by molar-refractivity contribution is 6.18. The molecule has 8 amide bonds. The van der Waals surface area contributed by atoms with Crippen LogP contribution in [-0.2, 0) is 68.7 Å². The van der Waals surface area contributed by atoms with Gasteiger partial charge in [-0.3, -0.25) is 47.9 Å². The molecule has 0 spiro atoms. The van der Waals surface area contributed by atoms with Gasteiger partial charge in [0.15, 0.2) is 17.9 Å². The topological polar surface area (TPSA) is 534 Å². The molecule has 13 atom stereocenters. The van der Waals surface area contributed by atoms with Crippen LogP contribution in [0.5, 0.6) is 0 Å². The van der Waals surface area contributed by atoms with E-state index in [2.05, 4.69) is 33.2 Å². The van der Waals surface area contributed by atoms with Crippen LogP contribution in [0.3, 0.4) is 0 Å². The molecule has 1 aliphatic rings. The van der Waals surface area contributed by atoms with E-state index in [9.17, 15) is 103 Å². The number of nitrogens with one attached hydrogen (secondary N) is 9. The molecule has 32 nitrogen and oxygen atoms in total. The van der Waals surface area contributed by atoms with Crippen molar-refractivity contribution >= 4 is 93.5 Å². The number of alkyl halides is 1. The van der Waals surface area contributed by atoms with E-state index in [4.69, 9.17) is 22.1 Å². The van der Waals surface area contributed by atoms with Gasteiger partial charge in [0, 0.05) is 43.0 Å². The van der Waals surface area contributed by atoms with Gasteiger partial charge in [0.05, 0.1) is 55.1 Å². The Labute approximate surface area is 541 Å². The number of rotatable bonds is 29. The fourth-order valence-corrected chi connectivity index (χ4v) is 10.1. The number of hydrogen-bond donors (Lipinski definition) is 19. The van der Waals surface area contributed by atoms with Crippen molar-refractivity contribution in [1.82, 2.24) is 47.5 Å². The number of cyclic esters (lactones) is 1. The van der Waals surface area contributed by atoms with Crippen molar-refractivity contribution in [1.29, 1.82) is 0 Å². The molecule has 1 saturated heterocycles. The van der Waals surface area contributed by atoms with Crippen LogP contribution in [0.15, 0.2) is 42.2 Å². The molecule has 1 aliphatic heterocycles. The smallest absolute Gasteiger partial charge is 0.335 e. The summed E-state index contributed by atoms with van der Waals surface area (Å²) in [6, 6.07) is -6.60. The Bertz CT molecular complexity index is 2890. The average molecular weight is 1340 g/mol. The minimum absolute atomic E-state index is 0.0430. The number of aliphatic hydroxyl groups is 7. The van der Waals surface area contributed by atoms with Crippen molar-refractivity contribution in [3.63, 3.8) is 0 Å². The number of carboxylic acid groups (broad SMARTS) is 2. The van der Waals surface area contributed by atoms with Crippen LogP contribution < -0.4 is 48.3 Å². The van der Waals surface area contributed by atoms with E-state index in [1.807, 2.05) is 21.3 Å². The van der Waals surface area contributed by atoms with Gasteiger partial charge in [-0.15, -0.1) is 11.6 Å². The Morgan fingerprint density at radius 1 is 0.774 bits per heavy atom. The number of unbranched alkanes of at least 4 members (excludes halogenated alkanes) is 9. The lowest BCUT2D eigenvalue weighted by Crippen LogP contribution is -2.66. The van der Waals surface area contributed by atoms with Gasteiger partial charge in [-0.2, -0.15) is 0 Å². The van der Waals surface area contributed by atoms with Gasteiger partial charge in [0.2, 0.25) is 41.2 Å². The molecule has 20 N–H and O–H groups in total. The Balaban J connectivity index is 2.20. The standard InChI is InChI=1S/C60H91ClN10O22/c1-4-6-7-8-9-10-11-12-13-14-19-42(74)44(76)29-46(78)64-41-31-93-58(90)48(45(77)30-61)69-56(87)49(50(81)57(88)89)70-52(83)36(5-2)65-51(82)35(32(3)73)27-43(75)39(26-33-17-15-18-37-34(33)20-24-63-37)67-53(84)38(21-25-72)66-54(85)40(28-47(79)80)68-59(91)60(92,22-16-23-62)71-55(41)86/h5,15,17-18,20,24,32,35,38-42,44-45,48-50,63,72-74,76-77,81,92H,4,6-14,16,19,21-23,25-31,62H2,1-3H3,(H,64,78)(H,65,82)(H,66,85)(H,67,84)(H,68,91)(H,69,87)(H,70,83)(H,71,86)(H,79,80)(H,88,89)/b36-5+/t32-,35-,38-,39+,40-,41+,42+,44+,45+,48+,49+,50-,60+/m0/s1. The van der Waals surface area contributed by atoms with Crippen LogP contribution in [0.25, 0.3) is 10.9 Å². The highest BCUT2D eigenvalue weighted by atomic mass is 35.5. The highest BCUT2D eigenvalue weighted by Crippen LogP contribution is 2.22. The summed E-state index contributed by atoms with van der Waals surface area (Å²) in [5.74, 6) is -21.1. The number of ether oxygens (including phenoxy) is 1. The summed E-state index contributed by atoms with van der Waals surface area (Å²) in [6.07, 6.45) is -3.24. The number of aliphatic hydroxyl groups excluding tert-OH is 6. The summed E-state index contributed by atoms with van der Waals surface area (Å²) in [5.41, 5.74) is 2.66. The van der Waals surface area contributed by atoms with Crippen molar-refractivity contribution in [2.45, 2.75) is 209 Å². The Hall–Kier alpha value is -7.69. The molecule has 0 aliphatic carbocycles. The van der Waals surface area contributed by atoms with Crippen LogP contribution in [0.2, 0.25) is 0 Å². The molecule has 3 rings (SSSR count). The number of fused-ring (bicyclic) bond motifs is 1. The molecule has 2 aromatic rings. The second-order valence-corrected chi connectivity index (χ2v) is 23.1. The summed E-state index contributed by atoms with van der Waals surface area (Å²) in [6.45, 7) is 1.83. The van der Waals surface area contributed by atoms with Crippen LogP contribution >= 0.6 is 11.6 Å². The van der Waals surface area contributed by atoms with E-state index >= 15 is 0 Å². The van der Waals surface area contributed by atoms with Gasteiger partial charge in [-0.25, -0.2) is 9.59 Å². The van der Waals surface area contributed by atoms with E-state index < -0.39 is 206 Å². The molecule has 0 radical (unpaired) electrons. The van der Waals surface area contributed by atoms with E-state index in [-0.39, 0.29) is 25.8 Å². The van der Waals surface area contributed by atoms with Crippen LogP contribution in [-0.4, -0.2) is 220 Å². The molecule has 33 heteroatoms. The SMILES string of the molecule is C/C=C1/NC(=O)[C@H]([C@H](C)O)CC(=O)[C@@H](Cc2cccc3[nH]ccc23)NC(=O)[C@H](CCO)NC(=O)[C@H](CC(=O)O)NC(=O)[C@](O)(CCCN)NC(=O)[C@H](NC(=O)C[C@@H](O)[C@H](O)CCCCCCCCCCCC)COC(=O)[C@@H]([C@H](O)CCl)NC(=O)[C@@H]([C@H](O)C(=O)O)NC1=O. The number of aromatic amines is 1. The monoisotopic (exact) mass is 1340 g/mol. The summed E-state index contributed by atoms with van der Waals surface area (Å²) in [4.78, 5) is 169. The normalized spacial score (nSPS) is 24.5. The number of carbonyl (C=O) groups is 12. The van der Waals surface area contributed by atoms with Crippen molar-refractivity contribution in [2.75, 3.05) is 25.6 Å². The predicted molar refractivity (Wildman–Crippen MR) is 330 cm³/mol. The lowest BCUT2D eigenvalue weighted by molar-refractivity contribution is -0.157. The summed E-state index contributed by atoms with van der Waals surface area (Å²) < 4.78 is 5.25. The lowest BCUT2D eigenvalue weighted by atomic mass is 9.90. The average Bonchev–Trinajstić information content (AvgIpc) is 1.93. The second kappa shape index (κ2) is 40.4. The van der Waals surface area contributed by atoms with Crippen molar-refractivity contribution in [2.24, 2.45) is 11.7 Å². The first-order valence-corrected chi connectivity index (χ1v) is 31.4. The molecule has 93 heavy (non-hydrogen) atoms. The van der Waals surface area contributed by atoms with Gasteiger partial charge < -0.3 is 104 Å². The minimum Gasteiger partial charge on any atom is -0.481 e. The summed E-state index contributed by atoms with van der Waals surface area (Å²) >= 11 is 5.88. The fraction of sp³-hybridized carbons (Fsp3) is 0.633. The first kappa shape index (κ1) is 79.5. The first-order valence-electron chi connectivity index (χ1n) is 30.9. The fourth-order valence-electron chi connectivity index (χ4n) is 9.95. The molecule has 2 heterocycles. The predicted octanol–water partition coefficient (Wildman–Crippen LogP) is -2.98. The number of halogens is 1. The van der Waals surface area contributed by atoms with E-state index in [0.717, 1.165) is 64.4 Å². The van der Waals surface area contributed by atoms with Crippen LogP contribution in [0.1, 0.15) is 135 Å². The zero-order chi connectivity index (χ0) is 69.5. The zero-order valence-electron chi connectivity index (χ0n) is 52.2. The number of allylic oxidation sites excluding steroid dienone is 1. The van der Waals surface area contributed by atoms with Crippen molar-refractivity contribution in [3.8, 4) is 0 Å². The van der Waals surface area contributed by atoms with Gasteiger partial charge >= 0.3 is 17.9 Å². The zero-order valence-corrected chi connectivity index (χ0v) is 53.0. The van der Waals surface area contributed by atoms with E-state index in [0.29, 0.717) is 29.3 Å². The largest absolute Gasteiger partial charge is 0.481 e. The van der Waals surface area contributed by atoms with Gasteiger partial charge in [-0.05, 0) is 57.4 Å². The molecule has 0 saturated carbocycles. The number of aliphatic carboxylic acids is 2. The molecule has 0 unspecified atom stereocenters. The molecule has 520 valence electrons. The molecule has 1 aromatic carbocycles. The van der Waals surface area contributed by atoms with E-state index in [1.165, 1.54) is 6.92 Å². The number of amides is 8. The minimum atomic E-state index is -3.25.